The first-order chi connectivity index (χ1) is 14.0. The summed E-state index contributed by atoms with van der Waals surface area (Å²) < 4.78 is 25.5. The lowest BCUT2D eigenvalue weighted by atomic mass is 10.1. The van der Waals surface area contributed by atoms with E-state index in [2.05, 4.69) is 9.97 Å². The SMILES string of the molecule is CCC1OC(n2cnc3c(=O)n(CCCCOC(C)=O)cnc32)C(OC)C1OC. The maximum Gasteiger partial charge on any atom is 0.302 e. The quantitative estimate of drug-likeness (QED) is 0.451. The van der Waals surface area contributed by atoms with Crippen LogP contribution in [0.2, 0.25) is 0 Å². The van der Waals surface area contributed by atoms with E-state index >= 15 is 0 Å². The molecule has 2 aromatic heterocycles. The maximum absolute atomic E-state index is 12.8. The van der Waals surface area contributed by atoms with E-state index in [1.807, 2.05) is 6.92 Å². The van der Waals surface area contributed by atoms with Gasteiger partial charge < -0.3 is 18.9 Å². The Morgan fingerprint density at radius 2 is 1.93 bits per heavy atom. The largest absolute Gasteiger partial charge is 0.466 e. The second-order valence-electron chi connectivity index (χ2n) is 6.99. The monoisotopic (exact) mass is 408 g/mol. The minimum atomic E-state index is -0.480. The fourth-order valence-corrected chi connectivity index (χ4v) is 3.69. The molecule has 0 spiro atoms. The first kappa shape index (κ1) is 21.4. The number of fused-ring (bicyclic) bond motifs is 1. The van der Waals surface area contributed by atoms with Crippen LogP contribution in [-0.2, 0) is 30.3 Å². The fraction of sp³-hybridized carbons (Fsp3) is 0.684. The number of hydrogen-bond acceptors (Lipinski definition) is 8. The summed E-state index contributed by atoms with van der Waals surface area (Å²) in [4.78, 5) is 32.3. The molecule has 0 radical (unpaired) electrons. The highest BCUT2D eigenvalue weighted by atomic mass is 16.6. The molecule has 10 heteroatoms. The Balaban J connectivity index is 1.79. The molecule has 0 aliphatic carbocycles. The van der Waals surface area contributed by atoms with Crippen LogP contribution in [-0.4, -0.2) is 64.2 Å². The van der Waals surface area contributed by atoms with Gasteiger partial charge in [-0.25, -0.2) is 9.97 Å². The Bertz CT molecular complexity index is 894. The Labute approximate surface area is 168 Å². The summed E-state index contributed by atoms with van der Waals surface area (Å²) in [6.45, 7) is 4.21. The lowest BCUT2D eigenvalue weighted by Crippen LogP contribution is -2.35. The number of carbonyl (C=O) groups is 1. The molecule has 4 unspecified atom stereocenters. The van der Waals surface area contributed by atoms with Gasteiger partial charge in [-0.2, -0.15) is 0 Å². The van der Waals surface area contributed by atoms with Crippen molar-refractivity contribution in [1.29, 1.82) is 0 Å². The Morgan fingerprint density at radius 3 is 2.59 bits per heavy atom. The van der Waals surface area contributed by atoms with Gasteiger partial charge in [0.05, 0.1) is 19.0 Å². The van der Waals surface area contributed by atoms with Crippen LogP contribution in [0.1, 0.15) is 39.3 Å². The second kappa shape index (κ2) is 9.47. The molecule has 1 aliphatic rings. The van der Waals surface area contributed by atoms with E-state index in [1.165, 1.54) is 17.8 Å². The molecule has 29 heavy (non-hydrogen) atoms. The molecule has 1 saturated heterocycles. The molecular formula is C19H28N4O6. The molecule has 0 bridgehead atoms. The minimum absolute atomic E-state index is 0.120. The van der Waals surface area contributed by atoms with Gasteiger partial charge in [-0.05, 0) is 19.3 Å². The highest BCUT2D eigenvalue weighted by Crippen LogP contribution is 2.35. The predicted molar refractivity (Wildman–Crippen MR) is 103 cm³/mol. The average Bonchev–Trinajstić information content (AvgIpc) is 3.29. The molecule has 0 saturated carbocycles. The summed E-state index contributed by atoms with van der Waals surface area (Å²) in [5.74, 6) is -0.305. The number of carbonyl (C=O) groups excluding carboxylic acids is 1. The van der Waals surface area contributed by atoms with Crippen LogP contribution in [0.15, 0.2) is 17.4 Å². The number of unbranched alkanes of at least 4 members (excludes halogenated alkanes) is 1. The normalized spacial score (nSPS) is 24.3. The molecule has 1 aliphatic heterocycles. The molecule has 160 valence electrons. The van der Waals surface area contributed by atoms with Gasteiger partial charge in [0.25, 0.3) is 5.56 Å². The Hall–Kier alpha value is -2.30. The van der Waals surface area contributed by atoms with Crippen LogP contribution < -0.4 is 5.56 Å². The molecule has 0 N–H and O–H groups in total. The number of nitrogens with zero attached hydrogens (tertiary/aromatic N) is 4. The maximum atomic E-state index is 12.8. The number of aryl methyl sites for hydroxylation is 1. The highest BCUT2D eigenvalue weighted by Gasteiger charge is 2.46. The van der Waals surface area contributed by atoms with Gasteiger partial charge >= 0.3 is 5.97 Å². The van der Waals surface area contributed by atoms with Crippen LogP contribution in [0.25, 0.3) is 11.2 Å². The molecule has 3 rings (SSSR count). The van der Waals surface area contributed by atoms with Crippen molar-refractivity contribution in [1.82, 2.24) is 19.1 Å². The van der Waals surface area contributed by atoms with Gasteiger partial charge in [-0.3, -0.25) is 18.7 Å². The lowest BCUT2D eigenvalue weighted by Gasteiger charge is -2.21. The van der Waals surface area contributed by atoms with E-state index in [4.69, 9.17) is 18.9 Å². The van der Waals surface area contributed by atoms with Crippen LogP contribution in [0, 0.1) is 0 Å². The van der Waals surface area contributed by atoms with Crippen molar-refractivity contribution >= 4 is 17.1 Å². The van der Waals surface area contributed by atoms with Crippen LogP contribution in [0.3, 0.4) is 0 Å². The van der Waals surface area contributed by atoms with Gasteiger partial charge in [0.1, 0.15) is 18.5 Å². The molecule has 1 fully saturated rings. The summed E-state index contributed by atoms with van der Waals surface area (Å²) in [6, 6.07) is 0. The van der Waals surface area contributed by atoms with E-state index in [9.17, 15) is 9.59 Å². The molecule has 0 amide bonds. The fourth-order valence-electron chi connectivity index (χ4n) is 3.69. The van der Waals surface area contributed by atoms with Crippen molar-refractivity contribution in [3.63, 3.8) is 0 Å². The zero-order valence-corrected chi connectivity index (χ0v) is 17.2. The first-order valence-electron chi connectivity index (χ1n) is 9.78. The van der Waals surface area contributed by atoms with Crippen molar-refractivity contribution in [2.24, 2.45) is 0 Å². The number of esters is 1. The third-order valence-corrected chi connectivity index (χ3v) is 5.16. The Morgan fingerprint density at radius 1 is 1.17 bits per heavy atom. The third-order valence-electron chi connectivity index (χ3n) is 5.16. The molecule has 2 aromatic rings. The minimum Gasteiger partial charge on any atom is -0.466 e. The van der Waals surface area contributed by atoms with Crippen molar-refractivity contribution in [3.05, 3.63) is 23.0 Å². The van der Waals surface area contributed by atoms with Gasteiger partial charge in [0, 0.05) is 27.7 Å². The molecule has 0 aromatic carbocycles. The van der Waals surface area contributed by atoms with E-state index < -0.39 is 6.23 Å². The lowest BCUT2D eigenvalue weighted by molar-refractivity contribution is -0.141. The number of imidazole rings is 1. The number of hydrogen-bond donors (Lipinski definition) is 0. The topological polar surface area (TPSA) is 107 Å². The number of rotatable bonds is 9. The smallest absolute Gasteiger partial charge is 0.302 e. The molecular weight excluding hydrogens is 380 g/mol. The van der Waals surface area contributed by atoms with E-state index in [-0.39, 0.29) is 35.4 Å². The van der Waals surface area contributed by atoms with Crippen molar-refractivity contribution in [2.75, 3.05) is 20.8 Å². The zero-order valence-electron chi connectivity index (χ0n) is 17.2. The van der Waals surface area contributed by atoms with Gasteiger partial charge in [0.15, 0.2) is 17.4 Å². The number of aromatic nitrogens is 4. The molecule has 10 nitrogen and oxygen atoms in total. The standard InChI is InChI=1S/C19H28N4O6/c1-5-13-15(26-3)16(27-4)19(29-13)23-11-20-14-17(23)21-10-22(18(14)25)8-6-7-9-28-12(2)24/h10-11,13,15-16,19H,5-9H2,1-4H3. The van der Waals surface area contributed by atoms with Crippen molar-refractivity contribution < 1.29 is 23.7 Å². The summed E-state index contributed by atoms with van der Waals surface area (Å²) in [7, 11) is 3.25. The van der Waals surface area contributed by atoms with Crippen LogP contribution >= 0.6 is 0 Å². The number of ether oxygens (including phenoxy) is 4. The summed E-state index contributed by atoms with van der Waals surface area (Å²) in [5, 5.41) is 0. The first-order valence-corrected chi connectivity index (χ1v) is 9.78. The predicted octanol–water partition coefficient (Wildman–Crippen LogP) is 1.27. The molecule has 4 atom stereocenters. The number of methoxy groups -OCH3 is 2. The van der Waals surface area contributed by atoms with Crippen molar-refractivity contribution in [3.8, 4) is 0 Å². The summed E-state index contributed by atoms with van der Waals surface area (Å²) in [5.41, 5.74) is 0.508. The molecule has 3 heterocycles. The average molecular weight is 408 g/mol. The van der Waals surface area contributed by atoms with E-state index in [0.717, 1.165) is 6.42 Å². The van der Waals surface area contributed by atoms with E-state index in [1.54, 1.807) is 25.1 Å². The van der Waals surface area contributed by atoms with Gasteiger partial charge in [0.2, 0.25) is 0 Å². The second-order valence-corrected chi connectivity index (χ2v) is 6.99. The summed E-state index contributed by atoms with van der Waals surface area (Å²) in [6.07, 6.45) is 4.04. The van der Waals surface area contributed by atoms with Crippen molar-refractivity contribution in [2.45, 2.75) is 64.2 Å². The zero-order chi connectivity index (χ0) is 21.0. The highest BCUT2D eigenvalue weighted by molar-refractivity contribution is 5.69. The third kappa shape index (κ3) is 4.34. The Kier molecular flexibility index (Phi) is 6.99. The van der Waals surface area contributed by atoms with Crippen LogP contribution in [0.5, 0.6) is 0 Å². The van der Waals surface area contributed by atoms with Gasteiger partial charge in [-0.1, -0.05) is 6.92 Å². The van der Waals surface area contributed by atoms with Crippen LogP contribution in [0.4, 0.5) is 0 Å². The summed E-state index contributed by atoms with van der Waals surface area (Å²) >= 11 is 0. The van der Waals surface area contributed by atoms with E-state index in [0.29, 0.717) is 31.6 Å². The van der Waals surface area contributed by atoms with Gasteiger partial charge in [-0.15, -0.1) is 0 Å².